The second-order valence-corrected chi connectivity index (χ2v) is 7.27. The molecule has 2 nitrogen and oxygen atoms in total. The van der Waals surface area contributed by atoms with Crippen LogP contribution in [0.5, 0.6) is 0 Å². The van der Waals surface area contributed by atoms with Gasteiger partial charge in [-0.05, 0) is 62.1 Å². The highest BCUT2D eigenvalue weighted by Gasteiger charge is 2.31. The summed E-state index contributed by atoms with van der Waals surface area (Å²) in [5.41, 5.74) is 2.75. The minimum atomic E-state index is -0.112. The molecule has 1 saturated carbocycles. The molecule has 1 N–H and O–H groups in total. The van der Waals surface area contributed by atoms with E-state index in [-0.39, 0.29) is 6.10 Å². The van der Waals surface area contributed by atoms with Crippen molar-refractivity contribution in [1.29, 1.82) is 0 Å². The van der Waals surface area contributed by atoms with Crippen molar-refractivity contribution in [2.24, 2.45) is 17.8 Å². The van der Waals surface area contributed by atoms with Crippen molar-refractivity contribution in [3.63, 3.8) is 0 Å². The first kappa shape index (κ1) is 16.5. The van der Waals surface area contributed by atoms with Gasteiger partial charge in [-0.3, -0.25) is 0 Å². The van der Waals surface area contributed by atoms with E-state index < -0.39 is 0 Å². The molecule has 2 heteroatoms. The van der Waals surface area contributed by atoms with E-state index in [1.807, 2.05) is 0 Å². The second kappa shape index (κ2) is 7.42. The van der Waals surface area contributed by atoms with E-state index in [4.69, 9.17) is 0 Å². The van der Waals surface area contributed by atoms with Gasteiger partial charge in [0.2, 0.25) is 0 Å². The summed E-state index contributed by atoms with van der Waals surface area (Å²) < 4.78 is 0. The lowest BCUT2D eigenvalue weighted by Gasteiger charge is -2.37. The first-order chi connectivity index (χ1) is 9.97. The predicted octanol–water partition coefficient (Wildman–Crippen LogP) is 3.86. The summed E-state index contributed by atoms with van der Waals surface area (Å²) in [6, 6.07) is 8.59. The standard InChI is InChI=1S/C19H31NO/c1-14(2)16-9-10-19(21)18(11-16)13-20(4)12-17-8-6-5-7-15(17)3/h5-8,14,16,18-19,21H,9-13H2,1-4H3. The van der Waals surface area contributed by atoms with Gasteiger partial charge in [-0.1, -0.05) is 38.1 Å². The predicted molar refractivity (Wildman–Crippen MR) is 89.2 cm³/mol. The van der Waals surface area contributed by atoms with Crippen molar-refractivity contribution in [3.8, 4) is 0 Å². The van der Waals surface area contributed by atoms with Crippen LogP contribution in [0.4, 0.5) is 0 Å². The molecule has 3 atom stereocenters. The Kier molecular flexibility index (Phi) is 5.83. The molecule has 0 amide bonds. The normalized spacial score (nSPS) is 26.5. The minimum Gasteiger partial charge on any atom is -0.393 e. The number of hydrogen-bond acceptors (Lipinski definition) is 2. The lowest BCUT2D eigenvalue weighted by atomic mass is 9.74. The van der Waals surface area contributed by atoms with Gasteiger partial charge in [0.25, 0.3) is 0 Å². The SMILES string of the molecule is Cc1ccccc1CN(C)CC1CC(C(C)C)CCC1O. The molecule has 1 aromatic carbocycles. The number of aryl methyl sites for hydroxylation is 1. The Bertz CT molecular complexity index is 443. The Morgan fingerprint density at radius 3 is 2.62 bits per heavy atom. The molecule has 0 bridgehead atoms. The van der Waals surface area contributed by atoms with Gasteiger partial charge in [-0.2, -0.15) is 0 Å². The van der Waals surface area contributed by atoms with Crippen LogP contribution in [0.15, 0.2) is 24.3 Å². The first-order valence-electron chi connectivity index (χ1n) is 8.38. The average molecular weight is 289 g/mol. The first-order valence-corrected chi connectivity index (χ1v) is 8.38. The number of aliphatic hydroxyl groups is 1. The van der Waals surface area contributed by atoms with E-state index in [2.05, 4.69) is 57.0 Å². The number of benzene rings is 1. The highest BCUT2D eigenvalue weighted by atomic mass is 16.3. The van der Waals surface area contributed by atoms with Gasteiger partial charge in [0.15, 0.2) is 0 Å². The Hall–Kier alpha value is -0.860. The van der Waals surface area contributed by atoms with Crippen LogP contribution >= 0.6 is 0 Å². The summed E-state index contributed by atoms with van der Waals surface area (Å²) in [5.74, 6) is 1.95. The topological polar surface area (TPSA) is 23.5 Å². The van der Waals surface area contributed by atoms with Crippen LogP contribution < -0.4 is 0 Å². The fraction of sp³-hybridized carbons (Fsp3) is 0.684. The van der Waals surface area contributed by atoms with E-state index in [1.54, 1.807) is 0 Å². The molecule has 118 valence electrons. The van der Waals surface area contributed by atoms with E-state index in [1.165, 1.54) is 24.0 Å². The van der Waals surface area contributed by atoms with Gasteiger partial charge in [0.05, 0.1) is 6.10 Å². The maximum atomic E-state index is 10.3. The van der Waals surface area contributed by atoms with Gasteiger partial charge in [0, 0.05) is 13.1 Å². The third-order valence-corrected chi connectivity index (χ3v) is 5.17. The zero-order valence-corrected chi connectivity index (χ0v) is 14.0. The van der Waals surface area contributed by atoms with Crippen molar-refractivity contribution in [3.05, 3.63) is 35.4 Å². The Labute approximate surface area is 130 Å². The molecule has 0 saturated heterocycles. The lowest BCUT2D eigenvalue weighted by molar-refractivity contribution is 0.0214. The summed E-state index contributed by atoms with van der Waals surface area (Å²) in [6.45, 7) is 8.78. The second-order valence-electron chi connectivity index (χ2n) is 7.27. The van der Waals surface area contributed by atoms with Crippen molar-refractivity contribution < 1.29 is 5.11 Å². The van der Waals surface area contributed by atoms with Crippen LogP contribution in [0.1, 0.15) is 44.2 Å². The molecule has 3 unspecified atom stereocenters. The summed E-state index contributed by atoms with van der Waals surface area (Å²) in [5, 5.41) is 10.3. The zero-order valence-electron chi connectivity index (χ0n) is 14.0. The molecule has 1 fully saturated rings. The minimum absolute atomic E-state index is 0.112. The van der Waals surface area contributed by atoms with Crippen molar-refractivity contribution >= 4 is 0 Å². The van der Waals surface area contributed by atoms with Crippen LogP contribution in [-0.2, 0) is 6.54 Å². The molecule has 0 aliphatic heterocycles. The van der Waals surface area contributed by atoms with Crippen LogP contribution in [0.3, 0.4) is 0 Å². The zero-order chi connectivity index (χ0) is 15.4. The molecule has 0 aromatic heterocycles. The fourth-order valence-corrected chi connectivity index (χ4v) is 3.63. The van der Waals surface area contributed by atoms with Gasteiger partial charge < -0.3 is 10.0 Å². The third-order valence-electron chi connectivity index (χ3n) is 5.17. The molecule has 1 aliphatic rings. The number of nitrogens with zero attached hydrogens (tertiary/aromatic N) is 1. The maximum absolute atomic E-state index is 10.3. The highest BCUT2D eigenvalue weighted by Crippen LogP contribution is 2.34. The van der Waals surface area contributed by atoms with E-state index in [9.17, 15) is 5.11 Å². The van der Waals surface area contributed by atoms with Gasteiger partial charge in [-0.25, -0.2) is 0 Å². The molecule has 0 heterocycles. The van der Waals surface area contributed by atoms with Crippen molar-refractivity contribution in [2.75, 3.05) is 13.6 Å². The Morgan fingerprint density at radius 1 is 1.24 bits per heavy atom. The largest absolute Gasteiger partial charge is 0.393 e. The molecule has 1 aromatic rings. The molecule has 0 spiro atoms. The number of rotatable bonds is 5. The average Bonchev–Trinajstić information content (AvgIpc) is 2.43. The summed E-state index contributed by atoms with van der Waals surface area (Å²) >= 11 is 0. The van der Waals surface area contributed by atoms with Crippen LogP contribution in [0.25, 0.3) is 0 Å². The molecule has 0 radical (unpaired) electrons. The molecule has 21 heavy (non-hydrogen) atoms. The third kappa shape index (κ3) is 4.55. The molecule has 2 rings (SSSR count). The van der Waals surface area contributed by atoms with Crippen LogP contribution in [-0.4, -0.2) is 29.7 Å². The quantitative estimate of drug-likeness (QED) is 0.889. The fourth-order valence-electron chi connectivity index (χ4n) is 3.63. The van der Waals surface area contributed by atoms with Crippen LogP contribution in [0.2, 0.25) is 0 Å². The molecular formula is C19H31NO. The van der Waals surface area contributed by atoms with Crippen molar-refractivity contribution in [2.45, 2.75) is 52.7 Å². The summed E-state index contributed by atoms with van der Waals surface area (Å²) in [6.07, 6.45) is 3.23. The van der Waals surface area contributed by atoms with Gasteiger partial charge >= 0.3 is 0 Å². The molecular weight excluding hydrogens is 258 g/mol. The summed E-state index contributed by atoms with van der Waals surface area (Å²) in [4.78, 5) is 2.37. The number of hydrogen-bond donors (Lipinski definition) is 1. The Morgan fingerprint density at radius 2 is 1.95 bits per heavy atom. The maximum Gasteiger partial charge on any atom is 0.0580 e. The molecule has 1 aliphatic carbocycles. The number of aliphatic hydroxyl groups excluding tert-OH is 1. The smallest absolute Gasteiger partial charge is 0.0580 e. The summed E-state index contributed by atoms with van der Waals surface area (Å²) in [7, 11) is 2.18. The van der Waals surface area contributed by atoms with Gasteiger partial charge in [0.1, 0.15) is 0 Å². The lowest BCUT2D eigenvalue weighted by Crippen LogP contribution is -2.38. The van der Waals surface area contributed by atoms with Crippen LogP contribution in [0, 0.1) is 24.7 Å². The van der Waals surface area contributed by atoms with E-state index >= 15 is 0 Å². The highest BCUT2D eigenvalue weighted by molar-refractivity contribution is 5.25. The van der Waals surface area contributed by atoms with E-state index in [0.717, 1.165) is 31.3 Å². The van der Waals surface area contributed by atoms with Gasteiger partial charge in [-0.15, -0.1) is 0 Å². The van der Waals surface area contributed by atoms with Crippen molar-refractivity contribution in [1.82, 2.24) is 4.90 Å². The monoisotopic (exact) mass is 289 g/mol. The Balaban J connectivity index is 1.92. The van der Waals surface area contributed by atoms with E-state index in [0.29, 0.717) is 5.92 Å².